The molecular weight excluding hydrogens is 292 g/mol. The number of nitrogens with two attached hydrogens (primary N) is 1. The summed E-state index contributed by atoms with van der Waals surface area (Å²) in [6.07, 6.45) is -0.144. The van der Waals surface area contributed by atoms with E-state index >= 15 is 0 Å². The molecule has 0 spiro atoms. The number of benzene rings is 1. The third kappa shape index (κ3) is 4.96. The molecule has 0 radical (unpaired) electrons. The highest BCUT2D eigenvalue weighted by molar-refractivity contribution is 7.89. The first-order chi connectivity index (χ1) is 9.84. The molecule has 118 valence electrons. The molecule has 3 N–H and O–H groups in total. The molecule has 1 saturated heterocycles. The molecule has 6 nitrogen and oxygen atoms in total. The molecule has 21 heavy (non-hydrogen) atoms. The quantitative estimate of drug-likeness (QED) is 0.777. The molecular formula is C14H22N2O4S. The molecule has 1 fully saturated rings. The van der Waals surface area contributed by atoms with Crippen molar-refractivity contribution in [3.8, 4) is 5.75 Å². The van der Waals surface area contributed by atoms with Crippen molar-refractivity contribution < 1.29 is 18.3 Å². The van der Waals surface area contributed by atoms with Crippen LogP contribution >= 0.6 is 0 Å². The fourth-order valence-electron chi connectivity index (χ4n) is 2.48. The minimum atomic E-state index is -3.49. The van der Waals surface area contributed by atoms with E-state index in [0.717, 1.165) is 11.3 Å². The number of aryl methyl sites for hydroxylation is 1. The van der Waals surface area contributed by atoms with Crippen molar-refractivity contribution in [3.63, 3.8) is 0 Å². The summed E-state index contributed by atoms with van der Waals surface area (Å²) in [4.78, 5) is 1.90. The highest BCUT2D eigenvalue weighted by atomic mass is 32.2. The number of nitrogens with zero attached hydrogens (tertiary/aromatic N) is 1. The molecule has 1 aromatic carbocycles. The third-order valence-electron chi connectivity index (χ3n) is 3.59. The molecule has 2 atom stereocenters. The first-order valence-electron chi connectivity index (χ1n) is 6.96. The molecule has 0 saturated carbocycles. The second-order valence-corrected chi connectivity index (χ2v) is 7.39. The smallest absolute Gasteiger partial charge is 0.213 e. The molecule has 0 amide bonds. The largest absolute Gasteiger partial charge is 0.491 e. The number of rotatable bonds is 6. The van der Waals surface area contributed by atoms with Gasteiger partial charge in [-0.1, -0.05) is 12.1 Å². The predicted molar refractivity (Wildman–Crippen MR) is 80.6 cm³/mol. The average molecular weight is 314 g/mol. The number of likely N-dealkylation sites (tertiary alicyclic amines) is 1. The van der Waals surface area contributed by atoms with Crippen LogP contribution in [0.15, 0.2) is 24.3 Å². The van der Waals surface area contributed by atoms with E-state index in [-0.39, 0.29) is 6.61 Å². The van der Waals surface area contributed by atoms with E-state index in [1.807, 2.05) is 36.1 Å². The maximum absolute atomic E-state index is 11.3. The van der Waals surface area contributed by atoms with Gasteiger partial charge in [-0.15, -0.1) is 0 Å². The van der Waals surface area contributed by atoms with Gasteiger partial charge in [0.15, 0.2) is 0 Å². The molecule has 1 heterocycles. The Labute approximate surface area is 125 Å². The van der Waals surface area contributed by atoms with Gasteiger partial charge >= 0.3 is 0 Å². The van der Waals surface area contributed by atoms with Crippen LogP contribution in [-0.4, -0.2) is 56.0 Å². The molecule has 1 aliphatic rings. The number of sulfonamides is 1. The molecule has 7 heteroatoms. The standard InChI is InChI=1S/C14H22N2O4S/c1-11-3-2-4-13(7-11)20-10-12(17)8-16-6-5-14(9-16)21(15,18)19/h2-4,7,12,14,17H,5-6,8-10H2,1H3,(H2,15,18,19). The summed E-state index contributed by atoms with van der Waals surface area (Å²) >= 11 is 0. The highest BCUT2D eigenvalue weighted by Crippen LogP contribution is 2.16. The van der Waals surface area contributed by atoms with E-state index in [0.29, 0.717) is 26.1 Å². The van der Waals surface area contributed by atoms with Crippen molar-refractivity contribution in [3.05, 3.63) is 29.8 Å². The molecule has 0 bridgehead atoms. The number of aliphatic hydroxyl groups excluding tert-OH is 1. The first kappa shape index (κ1) is 16.2. The van der Waals surface area contributed by atoms with Gasteiger partial charge in [0, 0.05) is 13.1 Å². The Morgan fingerprint density at radius 3 is 2.90 bits per heavy atom. The van der Waals surface area contributed by atoms with Crippen LogP contribution in [0.3, 0.4) is 0 Å². The first-order valence-corrected chi connectivity index (χ1v) is 8.57. The van der Waals surface area contributed by atoms with Gasteiger partial charge in [0.25, 0.3) is 0 Å². The number of primary sulfonamides is 1. The van der Waals surface area contributed by atoms with Crippen LogP contribution in [0, 0.1) is 6.92 Å². The van der Waals surface area contributed by atoms with Crippen LogP contribution in [0.2, 0.25) is 0 Å². The lowest BCUT2D eigenvalue weighted by Crippen LogP contribution is -2.37. The van der Waals surface area contributed by atoms with Crippen molar-refractivity contribution in [1.82, 2.24) is 4.90 Å². The Hall–Kier alpha value is -1.15. The lowest BCUT2D eigenvalue weighted by Gasteiger charge is -2.20. The molecule has 0 aliphatic carbocycles. The third-order valence-corrected chi connectivity index (χ3v) is 4.91. The van der Waals surface area contributed by atoms with Gasteiger partial charge in [-0.3, -0.25) is 4.90 Å². The second kappa shape index (κ2) is 6.74. The Morgan fingerprint density at radius 2 is 2.29 bits per heavy atom. The van der Waals surface area contributed by atoms with Crippen molar-refractivity contribution in [2.75, 3.05) is 26.2 Å². The van der Waals surface area contributed by atoms with Crippen LogP contribution in [0.4, 0.5) is 0 Å². The zero-order valence-corrected chi connectivity index (χ0v) is 12.9. The van der Waals surface area contributed by atoms with Gasteiger partial charge in [-0.25, -0.2) is 13.6 Å². The maximum Gasteiger partial charge on any atom is 0.213 e. The van der Waals surface area contributed by atoms with Crippen molar-refractivity contribution in [2.45, 2.75) is 24.7 Å². The Kier molecular flexibility index (Phi) is 5.21. The summed E-state index contributed by atoms with van der Waals surface area (Å²) in [5, 5.41) is 14.6. The Morgan fingerprint density at radius 1 is 1.52 bits per heavy atom. The van der Waals surface area contributed by atoms with E-state index < -0.39 is 21.4 Å². The molecule has 0 aromatic heterocycles. The molecule has 1 aliphatic heterocycles. The second-order valence-electron chi connectivity index (χ2n) is 5.54. The van der Waals surface area contributed by atoms with Crippen molar-refractivity contribution in [2.24, 2.45) is 5.14 Å². The number of β-amino-alcohol motifs (C(OH)–C–C–N with tert-alkyl or cyclic N) is 1. The van der Waals surface area contributed by atoms with Crippen LogP contribution in [0.25, 0.3) is 0 Å². The van der Waals surface area contributed by atoms with Gasteiger partial charge in [-0.05, 0) is 37.6 Å². The van der Waals surface area contributed by atoms with Crippen LogP contribution in [-0.2, 0) is 10.0 Å². The van der Waals surface area contributed by atoms with Crippen molar-refractivity contribution in [1.29, 1.82) is 0 Å². The fourth-order valence-corrected chi connectivity index (χ4v) is 3.33. The van der Waals surface area contributed by atoms with Crippen LogP contribution in [0.5, 0.6) is 5.75 Å². The minimum Gasteiger partial charge on any atom is -0.491 e. The summed E-state index contributed by atoms with van der Waals surface area (Å²) < 4.78 is 28.1. The summed E-state index contributed by atoms with van der Waals surface area (Å²) in [5.74, 6) is 0.720. The van der Waals surface area contributed by atoms with Gasteiger partial charge in [0.2, 0.25) is 10.0 Å². The molecule has 2 rings (SSSR count). The number of hydrogen-bond donors (Lipinski definition) is 2. The zero-order chi connectivity index (χ0) is 15.5. The number of hydrogen-bond acceptors (Lipinski definition) is 5. The van der Waals surface area contributed by atoms with E-state index in [1.54, 1.807) is 0 Å². The van der Waals surface area contributed by atoms with E-state index in [4.69, 9.17) is 9.88 Å². The van der Waals surface area contributed by atoms with Gasteiger partial charge in [-0.2, -0.15) is 0 Å². The lowest BCUT2D eigenvalue weighted by atomic mass is 10.2. The summed E-state index contributed by atoms with van der Waals surface area (Å²) in [6.45, 7) is 3.54. The predicted octanol–water partition coefficient (Wildman–Crippen LogP) is 0.0975. The summed E-state index contributed by atoms with van der Waals surface area (Å²) in [6, 6.07) is 7.61. The monoisotopic (exact) mass is 314 g/mol. The minimum absolute atomic E-state index is 0.181. The molecule has 1 aromatic rings. The topological polar surface area (TPSA) is 92.9 Å². The Bertz CT molecular complexity index is 576. The SMILES string of the molecule is Cc1cccc(OCC(O)CN2CCC(S(N)(=O)=O)C2)c1. The van der Waals surface area contributed by atoms with Crippen LogP contribution < -0.4 is 9.88 Å². The zero-order valence-electron chi connectivity index (χ0n) is 12.1. The number of aliphatic hydroxyl groups is 1. The van der Waals surface area contributed by atoms with Crippen LogP contribution in [0.1, 0.15) is 12.0 Å². The van der Waals surface area contributed by atoms with Gasteiger partial charge in [0.1, 0.15) is 18.5 Å². The molecule has 2 unspecified atom stereocenters. The Balaban J connectivity index is 1.77. The lowest BCUT2D eigenvalue weighted by molar-refractivity contribution is 0.0759. The average Bonchev–Trinajstić information content (AvgIpc) is 2.85. The highest BCUT2D eigenvalue weighted by Gasteiger charge is 2.31. The van der Waals surface area contributed by atoms with Crippen molar-refractivity contribution >= 4 is 10.0 Å². The van der Waals surface area contributed by atoms with Gasteiger partial charge < -0.3 is 9.84 Å². The fraction of sp³-hybridized carbons (Fsp3) is 0.571. The normalized spacial score (nSPS) is 21.4. The van der Waals surface area contributed by atoms with E-state index in [9.17, 15) is 13.5 Å². The van der Waals surface area contributed by atoms with E-state index in [1.165, 1.54) is 0 Å². The number of ether oxygens (including phenoxy) is 1. The van der Waals surface area contributed by atoms with Gasteiger partial charge in [0.05, 0.1) is 5.25 Å². The summed E-state index contributed by atoms with van der Waals surface area (Å²) in [7, 11) is -3.49. The maximum atomic E-state index is 11.3. The van der Waals surface area contributed by atoms with E-state index in [2.05, 4.69) is 0 Å². The summed E-state index contributed by atoms with van der Waals surface area (Å²) in [5.41, 5.74) is 1.09.